The van der Waals surface area contributed by atoms with Gasteiger partial charge in [0.1, 0.15) is 6.61 Å². The van der Waals surface area contributed by atoms with Crippen molar-refractivity contribution in [1.82, 2.24) is 15.8 Å². The van der Waals surface area contributed by atoms with Crippen LogP contribution in [-0.2, 0) is 9.53 Å². The van der Waals surface area contributed by atoms with Crippen molar-refractivity contribution in [1.29, 1.82) is 0 Å². The summed E-state index contributed by atoms with van der Waals surface area (Å²) >= 11 is 0. The van der Waals surface area contributed by atoms with Crippen LogP contribution in [0, 0.1) is 0 Å². The number of carbonyl (C=O) groups is 1. The minimum Gasteiger partial charge on any atom is -0.363 e. The van der Waals surface area contributed by atoms with Crippen LogP contribution in [0.4, 0.5) is 0 Å². The van der Waals surface area contributed by atoms with Crippen molar-refractivity contribution < 1.29 is 9.53 Å². The van der Waals surface area contributed by atoms with E-state index in [1.54, 1.807) is 0 Å². The molecule has 0 spiro atoms. The van der Waals surface area contributed by atoms with Gasteiger partial charge in [-0.25, -0.2) is 5.01 Å². The number of hydrazine groups is 1. The standard InChI is InChI=1S/C13H25N3O2/c1-10-5-4-6-11(2)16(10)15-12(17)7-18-13(3)8-14-9-13/h10-11,14H,4-9H2,1-3H3,(H,15,17). The number of ether oxygens (including phenoxy) is 1. The lowest BCUT2D eigenvalue weighted by Crippen LogP contribution is -2.60. The van der Waals surface area contributed by atoms with Gasteiger partial charge >= 0.3 is 0 Å². The highest BCUT2D eigenvalue weighted by molar-refractivity contribution is 5.76. The van der Waals surface area contributed by atoms with Crippen LogP contribution in [0.25, 0.3) is 0 Å². The van der Waals surface area contributed by atoms with Crippen LogP contribution in [-0.4, -0.2) is 48.3 Å². The average Bonchev–Trinajstić information content (AvgIpc) is 2.29. The fourth-order valence-electron chi connectivity index (χ4n) is 2.64. The molecule has 2 N–H and O–H groups in total. The van der Waals surface area contributed by atoms with E-state index in [-0.39, 0.29) is 18.1 Å². The Hall–Kier alpha value is -0.650. The fraction of sp³-hybridized carbons (Fsp3) is 0.923. The number of rotatable bonds is 4. The van der Waals surface area contributed by atoms with Gasteiger partial charge < -0.3 is 10.1 Å². The number of hydrogen-bond donors (Lipinski definition) is 2. The van der Waals surface area contributed by atoms with Crippen molar-refractivity contribution in [2.75, 3.05) is 19.7 Å². The van der Waals surface area contributed by atoms with E-state index in [0.29, 0.717) is 12.1 Å². The minimum absolute atomic E-state index is 0.0382. The number of nitrogens with zero attached hydrogens (tertiary/aromatic N) is 1. The van der Waals surface area contributed by atoms with E-state index >= 15 is 0 Å². The van der Waals surface area contributed by atoms with E-state index in [0.717, 1.165) is 25.9 Å². The Labute approximate surface area is 109 Å². The van der Waals surface area contributed by atoms with Crippen LogP contribution in [0.3, 0.4) is 0 Å². The average molecular weight is 255 g/mol. The maximum Gasteiger partial charge on any atom is 0.260 e. The topological polar surface area (TPSA) is 53.6 Å². The first-order valence-corrected chi connectivity index (χ1v) is 6.93. The van der Waals surface area contributed by atoms with E-state index in [2.05, 4.69) is 29.6 Å². The second-order valence-corrected chi connectivity index (χ2v) is 5.91. The molecule has 2 unspecified atom stereocenters. The third kappa shape index (κ3) is 3.22. The van der Waals surface area contributed by atoms with E-state index in [1.165, 1.54) is 6.42 Å². The Balaban J connectivity index is 1.75. The predicted octanol–water partition coefficient (Wildman–Crippen LogP) is 0.659. The van der Waals surface area contributed by atoms with Gasteiger partial charge in [-0.1, -0.05) is 6.42 Å². The second kappa shape index (κ2) is 5.55. The second-order valence-electron chi connectivity index (χ2n) is 5.91. The molecule has 2 aliphatic rings. The summed E-state index contributed by atoms with van der Waals surface area (Å²) in [6.45, 7) is 8.16. The van der Waals surface area contributed by atoms with E-state index < -0.39 is 0 Å². The molecular weight excluding hydrogens is 230 g/mol. The van der Waals surface area contributed by atoms with Crippen molar-refractivity contribution in [2.45, 2.75) is 57.7 Å². The van der Waals surface area contributed by atoms with Gasteiger partial charge in [-0.3, -0.25) is 10.2 Å². The van der Waals surface area contributed by atoms with Crippen LogP contribution < -0.4 is 10.7 Å². The van der Waals surface area contributed by atoms with E-state index in [1.807, 2.05) is 6.92 Å². The van der Waals surface area contributed by atoms with Gasteiger partial charge in [-0.2, -0.15) is 0 Å². The van der Waals surface area contributed by atoms with Crippen LogP contribution in [0.2, 0.25) is 0 Å². The number of piperidine rings is 1. The van der Waals surface area contributed by atoms with Crippen molar-refractivity contribution in [3.05, 3.63) is 0 Å². The van der Waals surface area contributed by atoms with E-state index in [9.17, 15) is 4.79 Å². The van der Waals surface area contributed by atoms with Crippen LogP contribution in [0.15, 0.2) is 0 Å². The molecule has 0 aliphatic carbocycles. The Morgan fingerprint density at radius 1 is 1.39 bits per heavy atom. The summed E-state index contributed by atoms with van der Waals surface area (Å²) in [5, 5.41) is 5.23. The summed E-state index contributed by atoms with van der Waals surface area (Å²) in [6.07, 6.45) is 3.54. The highest BCUT2D eigenvalue weighted by Crippen LogP contribution is 2.20. The zero-order chi connectivity index (χ0) is 13.2. The molecule has 18 heavy (non-hydrogen) atoms. The molecule has 0 aromatic rings. The molecule has 0 saturated carbocycles. The molecule has 0 radical (unpaired) electrons. The smallest absolute Gasteiger partial charge is 0.260 e. The number of nitrogens with one attached hydrogen (secondary N) is 2. The van der Waals surface area contributed by atoms with Crippen LogP contribution in [0.1, 0.15) is 40.0 Å². The van der Waals surface area contributed by atoms with Gasteiger partial charge in [0.15, 0.2) is 0 Å². The summed E-state index contributed by atoms with van der Waals surface area (Å²) in [7, 11) is 0. The predicted molar refractivity (Wildman–Crippen MR) is 70.0 cm³/mol. The molecule has 2 heterocycles. The maximum absolute atomic E-state index is 11.9. The van der Waals surface area contributed by atoms with Gasteiger partial charge in [0.05, 0.1) is 5.60 Å². The first kappa shape index (κ1) is 13.8. The van der Waals surface area contributed by atoms with Crippen LogP contribution >= 0.6 is 0 Å². The van der Waals surface area contributed by atoms with Crippen molar-refractivity contribution in [3.8, 4) is 0 Å². The Bertz CT molecular complexity index is 295. The lowest BCUT2D eigenvalue weighted by atomic mass is 10.00. The third-order valence-corrected chi connectivity index (χ3v) is 4.00. The summed E-state index contributed by atoms with van der Waals surface area (Å²) in [5.41, 5.74) is 2.83. The molecule has 5 heteroatoms. The van der Waals surface area contributed by atoms with Gasteiger partial charge in [-0.15, -0.1) is 0 Å². The van der Waals surface area contributed by atoms with Gasteiger partial charge in [0.2, 0.25) is 0 Å². The monoisotopic (exact) mass is 255 g/mol. The first-order chi connectivity index (χ1) is 8.50. The quantitative estimate of drug-likeness (QED) is 0.775. The highest BCUT2D eigenvalue weighted by atomic mass is 16.5. The molecule has 5 nitrogen and oxygen atoms in total. The molecule has 0 bridgehead atoms. The van der Waals surface area contributed by atoms with Crippen molar-refractivity contribution in [2.24, 2.45) is 0 Å². The lowest BCUT2D eigenvalue weighted by molar-refractivity contribution is -0.143. The largest absolute Gasteiger partial charge is 0.363 e. The molecule has 0 aromatic carbocycles. The summed E-state index contributed by atoms with van der Waals surface area (Å²) < 4.78 is 5.64. The van der Waals surface area contributed by atoms with E-state index in [4.69, 9.17) is 4.74 Å². The fourth-order valence-corrected chi connectivity index (χ4v) is 2.64. The molecule has 1 amide bonds. The SMILES string of the molecule is CC1CCCC(C)N1NC(=O)COC1(C)CNC1. The highest BCUT2D eigenvalue weighted by Gasteiger charge is 2.33. The summed E-state index contributed by atoms with van der Waals surface area (Å²) in [6, 6.07) is 0.831. The first-order valence-electron chi connectivity index (χ1n) is 6.93. The third-order valence-electron chi connectivity index (χ3n) is 4.00. The maximum atomic E-state index is 11.9. The summed E-state index contributed by atoms with van der Waals surface area (Å²) in [4.78, 5) is 11.9. The molecule has 104 valence electrons. The molecule has 2 atom stereocenters. The van der Waals surface area contributed by atoms with Crippen molar-refractivity contribution in [3.63, 3.8) is 0 Å². The van der Waals surface area contributed by atoms with Gasteiger partial charge in [0.25, 0.3) is 5.91 Å². The normalized spacial score (nSPS) is 31.7. The zero-order valence-corrected chi connectivity index (χ0v) is 11.7. The Morgan fingerprint density at radius 2 is 2.00 bits per heavy atom. The summed E-state index contributed by atoms with van der Waals surface area (Å²) in [5.74, 6) is -0.0382. The molecule has 2 fully saturated rings. The Kier molecular flexibility index (Phi) is 4.25. The Morgan fingerprint density at radius 3 is 2.50 bits per heavy atom. The minimum atomic E-state index is -0.156. The lowest BCUT2D eigenvalue weighted by Gasteiger charge is -2.40. The number of carbonyl (C=O) groups excluding carboxylic acids is 1. The van der Waals surface area contributed by atoms with Gasteiger partial charge in [0, 0.05) is 25.2 Å². The molecular formula is C13H25N3O2. The van der Waals surface area contributed by atoms with Gasteiger partial charge in [-0.05, 0) is 33.6 Å². The van der Waals surface area contributed by atoms with Crippen LogP contribution in [0.5, 0.6) is 0 Å². The molecule has 2 rings (SSSR count). The molecule has 0 aromatic heterocycles. The van der Waals surface area contributed by atoms with Crippen molar-refractivity contribution >= 4 is 5.91 Å². The zero-order valence-electron chi connectivity index (χ0n) is 11.7. The molecule has 2 aliphatic heterocycles. The molecule has 2 saturated heterocycles. The number of amides is 1. The number of hydrogen-bond acceptors (Lipinski definition) is 4.